The van der Waals surface area contributed by atoms with Crippen LogP contribution in [0.15, 0.2) is 18.2 Å². The summed E-state index contributed by atoms with van der Waals surface area (Å²) >= 11 is 0. The number of benzene rings is 1. The first-order valence-electron chi connectivity index (χ1n) is 9.24. The number of ether oxygens (including phenoxy) is 1. The van der Waals surface area contributed by atoms with Crippen LogP contribution in [0.3, 0.4) is 0 Å². The van der Waals surface area contributed by atoms with Crippen molar-refractivity contribution >= 4 is 23.5 Å². The van der Waals surface area contributed by atoms with Gasteiger partial charge in [-0.3, -0.25) is 24.6 Å². The van der Waals surface area contributed by atoms with Crippen molar-refractivity contribution in [2.45, 2.75) is 37.3 Å². The number of carbonyl (C=O) groups is 3. The zero-order chi connectivity index (χ0) is 20.3. The highest BCUT2D eigenvalue weighted by atomic mass is 19.1. The normalized spacial score (nSPS) is 26.0. The van der Waals surface area contributed by atoms with Gasteiger partial charge < -0.3 is 15.2 Å². The Morgan fingerprint density at radius 2 is 2.18 bits per heavy atom. The molecule has 3 rings (SSSR count). The lowest BCUT2D eigenvalue weighted by Crippen LogP contribution is -2.47. The maximum absolute atomic E-state index is 14.8. The Kier molecular flexibility index (Phi) is 6.25. The number of methoxy groups -OCH3 is 1. The Morgan fingerprint density at radius 1 is 1.39 bits per heavy atom. The lowest BCUT2D eigenvalue weighted by atomic mass is 9.86. The zero-order valence-electron chi connectivity index (χ0n) is 15.6. The number of piperidine rings is 2. The van der Waals surface area contributed by atoms with Gasteiger partial charge in [-0.1, -0.05) is 6.07 Å². The minimum absolute atomic E-state index is 0.0656. The van der Waals surface area contributed by atoms with Crippen LogP contribution in [-0.2, 0) is 19.1 Å². The van der Waals surface area contributed by atoms with Crippen molar-refractivity contribution in [1.29, 1.82) is 0 Å². The van der Waals surface area contributed by atoms with E-state index in [4.69, 9.17) is 9.84 Å². The summed E-state index contributed by atoms with van der Waals surface area (Å²) in [6.07, 6.45) is 0.885. The average Bonchev–Trinajstić information content (AvgIpc) is 2.64. The Labute approximate surface area is 162 Å². The average molecular weight is 393 g/mol. The van der Waals surface area contributed by atoms with E-state index in [1.54, 1.807) is 24.1 Å². The number of nitrogens with one attached hydrogen (secondary N) is 2. The third kappa shape index (κ3) is 4.66. The Hall–Kier alpha value is -2.52. The largest absolute Gasteiger partial charge is 0.480 e. The number of imide groups is 1. The van der Waals surface area contributed by atoms with Gasteiger partial charge in [-0.25, -0.2) is 4.39 Å². The molecule has 1 aromatic carbocycles. The molecule has 2 fully saturated rings. The molecule has 2 saturated heterocycles. The van der Waals surface area contributed by atoms with Crippen LogP contribution >= 0.6 is 0 Å². The quantitative estimate of drug-likeness (QED) is 0.617. The molecule has 0 aliphatic carbocycles. The van der Waals surface area contributed by atoms with E-state index in [0.717, 1.165) is 0 Å². The number of hydrogen-bond acceptors (Lipinski definition) is 6. The molecule has 0 aromatic heterocycles. The first-order chi connectivity index (χ1) is 13.4. The third-order valence-corrected chi connectivity index (χ3v) is 5.28. The highest BCUT2D eigenvalue weighted by Crippen LogP contribution is 2.33. The third-order valence-electron chi connectivity index (χ3n) is 5.28. The molecule has 0 bridgehead atoms. The molecule has 0 unspecified atom stereocenters. The first kappa shape index (κ1) is 20.2. The minimum atomic E-state index is -0.900. The van der Waals surface area contributed by atoms with Crippen LogP contribution in [0.2, 0.25) is 0 Å². The monoisotopic (exact) mass is 393 g/mol. The molecule has 0 saturated carbocycles. The maximum Gasteiger partial charge on any atom is 0.317 e. The second-order valence-corrected chi connectivity index (χ2v) is 7.18. The van der Waals surface area contributed by atoms with Gasteiger partial charge in [0.15, 0.2) is 0 Å². The summed E-state index contributed by atoms with van der Waals surface area (Å²) in [5.41, 5.74) is 0.976. The molecule has 0 radical (unpaired) electrons. The standard InChI is InChI=1S/C19H24FN3O5/c1-28-16-9-23(10-18(25)26)7-6-13(16)12-3-2-11(8-14(12)20)21-15-4-5-17(24)22-19(15)27/h2-3,8,13,15-16,21H,4-7,9-10H2,1H3,(H,25,26)(H,22,24,27)/t13-,15-,16+/m0/s1. The molecular weight excluding hydrogens is 369 g/mol. The number of carboxylic acid groups (broad SMARTS) is 1. The fourth-order valence-corrected chi connectivity index (χ4v) is 3.86. The van der Waals surface area contributed by atoms with Crippen LogP contribution in [-0.4, -0.2) is 66.7 Å². The number of anilines is 1. The predicted octanol–water partition coefficient (Wildman–Crippen LogP) is 0.932. The van der Waals surface area contributed by atoms with Gasteiger partial charge in [0.05, 0.1) is 12.6 Å². The minimum Gasteiger partial charge on any atom is -0.480 e. The highest BCUT2D eigenvalue weighted by Gasteiger charge is 2.33. The van der Waals surface area contributed by atoms with Crippen molar-refractivity contribution in [3.8, 4) is 0 Å². The number of carboxylic acids is 1. The number of nitrogens with zero attached hydrogens (tertiary/aromatic N) is 1. The van der Waals surface area contributed by atoms with Gasteiger partial charge in [0, 0.05) is 31.7 Å². The molecule has 0 spiro atoms. The predicted molar refractivity (Wildman–Crippen MR) is 98.4 cm³/mol. The van der Waals surface area contributed by atoms with E-state index in [1.165, 1.54) is 6.07 Å². The van der Waals surface area contributed by atoms with Crippen molar-refractivity contribution in [2.24, 2.45) is 0 Å². The van der Waals surface area contributed by atoms with Gasteiger partial charge in [0.1, 0.15) is 11.9 Å². The molecule has 1 aromatic rings. The van der Waals surface area contributed by atoms with Gasteiger partial charge in [0.2, 0.25) is 11.8 Å². The van der Waals surface area contributed by atoms with E-state index in [2.05, 4.69) is 10.6 Å². The van der Waals surface area contributed by atoms with Crippen molar-refractivity contribution in [3.63, 3.8) is 0 Å². The molecule has 2 aliphatic heterocycles. The van der Waals surface area contributed by atoms with Crippen molar-refractivity contribution in [2.75, 3.05) is 32.1 Å². The number of amides is 2. The van der Waals surface area contributed by atoms with Crippen molar-refractivity contribution in [3.05, 3.63) is 29.6 Å². The van der Waals surface area contributed by atoms with Crippen LogP contribution in [0.5, 0.6) is 0 Å². The molecule has 2 amide bonds. The summed E-state index contributed by atoms with van der Waals surface area (Å²) in [6.45, 7) is 0.902. The number of carbonyl (C=O) groups excluding carboxylic acids is 2. The van der Waals surface area contributed by atoms with Crippen LogP contribution in [0.4, 0.5) is 10.1 Å². The molecular formula is C19H24FN3O5. The van der Waals surface area contributed by atoms with Crippen molar-refractivity contribution < 1.29 is 28.6 Å². The summed E-state index contributed by atoms with van der Waals surface area (Å²) in [5, 5.41) is 14.2. The summed E-state index contributed by atoms with van der Waals surface area (Å²) < 4.78 is 20.3. The SMILES string of the molecule is CO[C@@H]1CN(CC(=O)O)CC[C@H]1c1ccc(N[C@H]2CCC(=O)NC2=O)cc1F. The summed E-state index contributed by atoms with van der Waals surface area (Å²) in [5.74, 6) is -2.20. The van der Waals surface area contributed by atoms with Crippen LogP contribution in [0.25, 0.3) is 0 Å². The topological polar surface area (TPSA) is 108 Å². The van der Waals surface area contributed by atoms with Crippen molar-refractivity contribution in [1.82, 2.24) is 10.2 Å². The van der Waals surface area contributed by atoms with Gasteiger partial charge in [0.25, 0.3) is 0 Å². The summed E-state index contributed by atoms with van der Waals surface area (Å²) in [4.78, 5) is 35.8. The molecule has 9 heteroatoms. The number of rotatable bonds is 6. The Bertz CT molecular complexity index is 772. The molecule has 2 aliphatic rings. The molecule has 8 nitrogen and oxygen atoms in total. The number of likely N-dealkylation sites (tertiary alicyclic amines) is 1. The smallest absolute Gasteiger partial charge is 0.317 e. The van der Waals surface area contributed by atoms with Crippen LogP contribution in [0, 0.1) is 5.82 Å². The summed E-state index contributed by atoms with van der Waals surface area (Å²) in [6, 6.07) is 4.15. The second-order valence-electron chi connectivity index (χ2n) is 7.18. The fourth-order valence-electron chi connectivity index (χ4n) is 3.86. The van der Waals surface area contributed by atoms with Gasteiger partial charge in [-0.2, -0.15) is 0 Å². The van der Waals surface area contributed by atoms with E-state index in [-0.39, 0.29) is 30.9 Å². The highest BCUT2D eigenvalue weighted by molar-refractivity contribution is 6.01. The van der Waals surface area contributed by atoms with Crippen LogP contribution in [0.1, 0.15) is 30.7 Å². The molecule has 3 atom stereocenters. The first-order valence-corrected chi connectivity index (χ1v) is 9.24. The van der Waals surface area contributed by atoms with E-state index >= 15 is 0 Å². The molecule has 3 N–H and O–H groups in total. The second kappa shape index (κ2) is 8.66. The molecule has 2 heterocycles. The van der Waals surface area contributed by atoms with E-state index in [1.807, 2.05) is 0 Å². The van der Waals surface area contributed by atoms with E-state index in [9.17, 15) is 18.8 Å². The van der Waals surface area contributed by atoms with Gasteiger partial charge in [-0.05, 0) is 37.1 Å². The lowest BCUT2D eigenvalue weighted by Gasteiger charge is -2.37. The summed E-state index contributed by atoms with van der Waals surface area (Å²) in [7, 11) is 1.54. The Morgan fingerprint density at radius 3 is 2.82 bits per heavy atom. The van der Waals surface area contributed by atoms with E-state index < -0.39 is 23.7 Å². The number of hydrogen-bond donors (Lipinski definition) is 3. The fraction of sp³-hybridized carbons (Fsp3) is 0.526. The van der Waals surface area contributed by atoms with Gasteiger partial charge in [-0.15, -0.1) is 0 Å². The molecule has 28 heavy (non-hydrogen) atoms. The van der Waals surface area contributed by atoms with Crippen LogP contribution < -0.4 is 10.6 Å². The molecule has 152 valence electrons. The lowest BCUT2D eigenvalue weighted by molar-refractivity contribution is -0.139. The van der Waals surface area contributed by atoms with Gasteiger partial charge >= 0.3 is 5.97 Å². The van der Waals surface area contributed by atoms with E-state index in [0.29, 0.717) is 37.2 Å². The number of aliphatic carboxylic acids is 1. The Balaban J connectivity index is 1.69. The maximum atomic E-state index is 14.8. The number of halogens is 1. The zero-order valence-corrected chi connectivity index (χ0v) is 15.6.